The summed E-state index contributed by atoms with van der Waals surface area (Å²) in [6.45, 7) is 13.5. The van der Waals surface area contributed by atoms with E-state index in [9.17, 15) is 4.79 Å². The molecular weight excluding hydrogens is 428 g/mol. The summed E-state index contributed by atoms with van der Waals surface area (Å²) in [6.07, 6.45) is 24.6. The Balaban J connectivity index is 1.36. The Morgan fingerprint density at radius 1 is 1.03 bits per heavy atom. The lowest BCUT2D eigenvalue weighted by molar-refractivity contribution is -0.104. The highest BCUT2D eigenvalue weighted by molar-refractivity contribution is 5.64. The fourth-order valence-electron chi connectivity index (χ4n) is 9.40. The molecule has 0 amide bonds. The second-order valence-corrected chi connectivity index (χ2v) is 13.7. The first kappa shape index (κ1) is 27.2. The number of ether oxygens (including phenoxy) is 1. The van der Waals surface area contributed by atoms with Crippen LogP contribution >= 0.6 is 0 Å². The number of allylic oxidation sites excluding steroid dienone is 3. The minimum absolute atomic E-state index is 0.400. The van der Waals surface area contributed by atoms with Crippen molar-refractivity contribution >= 4 is 6.29 Å². The molecule has 0 aromatic heterocycles. The third kappa shape index (κ3) is 5.68. The molecule has 198 valence electrons. The monoisotopic (exact) mass is 482 g/mol. The number of rotatable bonds is 11. The van der Waals surface area contributed by atoms with Gasteiger partial charge in [-0.15, -0.1) is 0 Å². The van der Waals surface area contributed by atoms with E-state index in [2.05, 4.69) is 40.7 Å². The largest absolute Gasteiger partial charge is 0.378 e. The van der Waals surface area contributed by atoms with Crippen LogP contribution in [0.4, 0.5) is 0 Å². The van der Waals surface area contributed by atoms with Gasteiger partial charge in [0.2, 0.25) is 0 Å². The summed E-state index contributed by atoms with van der Waals surface area (Å²) in [5.41, 5.74) is 2.73. The number of hydrogen-bond acceptors (Lipinski definition) is 2. The zero-order valence-electron chi connectivity index (χ0n) is 23.6. The molecule has 3 saturated carbocycles. The Kier molecular flexibility index (Phi) is 9.05. The molecule has 0 aromatic rings. The third-order valence-corrected chi connectivity index (χ3v) is 11.3. The van der Waals surface area contributed by atoms with Crippen molar-refractivity contribution in [2.75, 3.05) is 6.61 Å². The van der Waals surface area contributed by atoms with Crippen LogP contribution in [0.1, 0.15) is 118 Å². The molecule has 0 aliphatic heterocycles. The summed E-state index contributed by atoms with van der Waals surface area (Å²) in [7, 11) is 0. The van der Waals surface area contributed by atoms with E-state index >= 15 is 0 Å². The molecule has 0 radical (unpaired) electrons. The van der Waals surface area contributed by atoms with Gasteiger partial charge in [-0.1, -0.05) is 71.6 Å². The fraction of sp³-hybridized carbons (Fsp3) is 0.848. The van der Waals surface area contributed by atoms with E-state index in [-0.39, 0.29) is 0 Å². The molecule has 2 nitrogen and oxygen atoms in total. The van der Waals surface area contributed by atoms with Crippen molar-refractivity contribution in [3.63, 3.8) is 0 Å². The fourth-order valence-corrected chi connectivity index (χ4v) is 9.40. The van der Waals surface area contributed by atoms with Crippen molar-refractivity contribution in [3.05, 3.63) is 23.8 Å². The predicted octanol–water partition coefficient (Wildman–Crippen LogP) is 8.95. The van der Waals surface area contributed by atoms with Crippen LogP contribution in [0.5, 0.6) is 0 Å². The van der Waals surface area contributed by atoms with E-state index in [0.29, 0.717) is 16.9 Å². The lowest BCUT2D eigenvalue weighted by Gasteiger charge is -2.58. The van der Waals surface area contributed by atoms with Gasteiger partial charge in [-0.25, -0.2) is 0 Å². The molecule has 0 N–H and O–H groups in total. The Bertz CT molecular complexity index is 765. The zero-order chi connectivity index (χ0) is 25.1. The number of aldehydes is 1. The lowest BCUT2D eigenvalue weighted by Crippen LogP contribution is -2.51. The van der Waals surface area contributed by atoms with Crippen molar-refractivity contribution in [1.82, 2.24) is 0 Å². The van der Waals surface area contributed by atoms with E-state index in [1.807, 2.05) is 6.08 Å². The van der Waals surface area contributed by atoms with Crippen molar-refractivity contribution in [3.8, 4) is 0 Å². The Morgan fingerprint density at radius 2 is 1.86 bits per heavy atom. The summed E-state index contributed by atoms with van der Waals surface area (Å²) in [6, 6.07) is 0. The van der Waals surface area contributed by atoms with E-state index in [1.54, 1.807) is 11.6 Å². The maximum atomic E-state index is 10.4. The van der Waals surface area contributed by atoms with Gasteiger partial charge in [0.25, 0.3) is 0 Å². The standard InChI is InChI=1S/C33H54O2/c1-24(2)11-10-12-25(3)29-15-16-30-28-14-13-26-23-27(35-22-9-7-6-8-21-34)17-19-32(26,4)31(28)18-20-33(29,30)5/h6,8,13,21,24-25,27-31H,7,9-12,14-20,22-23H2,1-5H3/b8-6+/t25-,27+,28?,29-,30?,31?,32+,33-/m1/s1. The first-order valence-electron chi connectivity index (χ1n) is 15.2. The quantitative estimate of drug-likeness (QED) is 0.127. The van der Waals surface area contributed by atoms with Crippen LogP contribution in [0.3, 0.4) is 0 Å². The average Bonchev–Trinajstić information content (AvgIpc) is 3.18. The lowest BCUT2D eigenvalue weighted by atomic mass is 9.47. The molecule has 0 aromatic carbocycles. The summed E-state index contributed by atoms with van der Waals surface area (Å²) >= 11 is 0. The van der Waals surface area contributed by atoms with E-state index < -0.39 is 0 Å². The highest BCUT2D eigenvalue weighted by atomic mass is 16.5. The molecule has 2 heteroatoms. The Hall–Kier alpha value is -0.890. The van der Waals surface area contributed by atoms with Crippen molar-refractivity contribution in [2.24, 2.45) is 46.3 Å². The smallest absolute Gasteiger partial charge is 0.142 e. The molecular formula is C33H54O2. The van der Waals surface area contributed by atoms with Crippen LogP contribution in [0, 0.1) is 46.3 Å². The predicted molar refractivity (Wildman–Crippen MR) is 147 cm³/mol. The molecule has 0 bridgehead atoms. The second-order valence-electron chi connectivity index (χ2n) is 13.7. The van der Waals surface area contributed by atoms with Crippen molar-refractivity contribution < 1.29 is 9.53 Å². The number of hydrogen-bond donors (Lipinski definition) is 0. The first-order chi connectivity index (χ1) is 16.8. The molecule has 35 heavy (non-hydrogen) atoms. The summed E-state index contributed by atoms with van der Waals surface area (Å²) in [5.74, 6) is 5.44. The highest BCUT2D eigenvalue weighted by Gasteiger charge is 2.59. The molecule has 4 aliphatic carbocycles. The van der Waals surface area contributed by atoms with Gasteiger partial charge in [0, 0.05) is 6.61 Å². The van der Waals surface area contributed by atoms with Gasteiger partial charge in [-0.05, 0) is 117 Å². The van der Waals surface area contributed by atoms with Gasteiger partial charge in [0.15, 0.2) is 0 Å². The molecule has 8 atom stereocenters. The zero-order valence-corrected chi connectivity index (χ0v) is 23.6. The normalized spacial score (nSPS) is 39.7. The van der Waals surface area contributed by atoms with E-state index in [1.165, 1.54) is 64.2 Å². The molecule has 4 rings (SSSR count). The van der Waals surface area contributed by atoms with Crippen LogP contribution in [0.15, 0.2) is 23.8 Å². The molecule has 3 unspecified atom stereocenters. The third-order valence-electron chi connectivity index (χ3n) is 11.3. The SMILES string of the molecule is CC(C)CCC[C@@H](C)[C@H]1CCC2C3CC=C4C[C@@H](OCCC/C=C/C=O)CC[C@]4(C)C3CC[C@@]21C. The van der Waals surface area contributed by atoms with Crippen LogP contribution in [-0.4, -0.2) is 19.0 Å². The minimum Gasteiger partial charge on any atom is -0.378 e. The Morgan fingerprint density at radius 3 is 2.63 bits per heavy atom. The summed E-state index contributed by atoms with van der Waals surface area (Å²) < 4.78 is 6.30. The van der Waals surface area contributed by atoms with Gasteiger partial charge in [-0.2, -0.15) is 0 Å². The van der Waals surface area contributed by atoms with Gasteiger partial charge >= 0.3 is 0 Å². The molecule has 0 spiro atoms. The highest BCUT2D eigenvalue weighted by Crippen LogP contribution is 2.67. The number of fused-ring (bicyclic) bond motifs is 5. The van der Waals surface area contributed by atoms with Gasteiger partial charge < -0.3 is 4.74 Å². The molecule has 0 heterocycles. The maximum absolute atomic E-state index is 10.4. The maximum Gasteiger partial charge on any atom is 0.142 e. The van der Waals surface area contributed by atoms with Crippen LogP contribution in [-0.2, 0) is 9.53 Å². The van der Waals surface area contributed by atoms with Crippen molar-refractivity contribution in [2.45, 2.75) is 124 Å². The minimum atomic E-state index is 0.400. The number of unbranched alkanes of at least 4 members (excludes halogenated alkanes) is 1. The summed E-state index contributed by atoms with van der Waals surface area (Å²) in [4.78, 5) is 10.4. The van der Waals surface area contributed by atoms with Crippen LogP contribution in [0.2, 0.25) is 0 Å². The second kappa shape index (κ2) is 11.7. The van der Waals surface area contributed by atoms with Crippen LogP contribution < -0.4 is 0 Å². The van der Waals surface area contributed by atoms with Crippen molar-refractivity contribution in [1.29, 1.82) is 0 Å². The van der Waals surface area contributed by atoms with Gasteiger partial charge in [-0.3, -0.25) is 4.79 Å². The van der Waals surface area contributed by atoms with Gasteiger partial charge in [0.1, 0.15) is 6.29 Å². The number of carbonyl (C=O) groups excluding carboxylic acids is 1. The first-order valence-corrected chi connectivity index (χ1v) is 15.2. The number of carbonyl (C=O) groups is 1. The topological polar surface area (TPSA) is 26.3 Å². The molecule has 4 aliphatic rings. The average molecular weight is 483 g/mol. The Labute approximate surface area is 216 Å². The van der Waals surface area contributed by atoms with Crippen LogP contribution in [0.25, 0.3) is 0 Å². The summed E-state index contributed by atoms with van der Waals surface area (Å²) in [5, 5.41) is 0. The van der Waals surface area contributed by atoms with E-state index in [0.717, 1.165) is 67.7 Å². The van der Waals surface area contributed by atoms with E-state index in [4.69, 9.17) is 4.74 Å². The molecule has 3 fully saturated rings. The van der Waals surface area contributed by atoms with Gasteiger partial charge in [0.05, 0.1) is 6.10 Å². The molecule has 0 saturated heterocycles.